The maximum Gasteiger partial charge on any atom is 0.410 e. The molecule has 3 atom stereocenters. The summed E-state index contributed by atoms with van der Waals surface area (Å²) in [6.07, 6.45) is -0.0664. The second-order valence-corrected chi connectivity index (χ2v) is 14.4. The summed E-state index contributed by atoms with van der Waals surface area (Å²) in [5.74, 6) is -1.46. The predicted octanol–water partition coefficient (Wildman–Crippen LogP) is 3.74. The van der Waals surface area contributed by atoms with Crippen molar-refractivity contribution < 1.29 is 23.8 Å². The minimum Gasteiger partial charge on any atom is -0.444 e. The summed E-state index contributed by atoms with van der Waals surface area (Å²) in [6, 6.07) is -0.512. The molecule has 0 aliphatic carbocycles. The number of amides is 1. The van der Waals surface area contributed by atoms with E-state index in [4.69, 9.17) is 13.9 Å². The number of hydrogen-bond donors (Lipinski definition) is 1. The van der Waals surface area contributed by atoms with Gasteiger partial charge in [-0.1, -0.05) is 20.8 Å². The van der Waals surface area contributed by atoms with Crippen LogP contribution in [0.3, 0.4) is 0 Å². The summed E-state index contributed by atoms with van der Waals surface area (Å²) in [6.45, 7) is 18.4. The molecule has 1 saturated heterocycles. The Morgan fingerprint density at radius 1 is 1.12 bits per heavy atom. The van der Waals surface area contributed by atoms with Gasteiger partial charge in [-0.25, -0.2) is 4.79 Å². The number of aliphatic hydroxyl groups is 1. The van der Waals surface area contributed by atoms with E-state index < -0.39 is 31.8 Å². The normalized spacial score (nSPS) is 25.0. The zero-order valence-electron chi connectivity index (χ0n) is 17.6. The van der Waals surface area contributed by atoms with Crippen molar-refractivity contribution >= 4 is 14.4 Å². The van der Waals surface area contributed by atoms with Crippen LogP contribution in [0.4, 0.5) is 4.79 Å². The van der Waals surface area contributed by atoms with E-state index in [9.17, 15) is 9.90 Å². The second-order valence-electron chi connectivity index (χ2n) is 9.64. The molecule has 7 heteroatoms. The van der Waals surface area contributed by atoms with Gasteiger partial charge in [-0.2, -0.15) is 0 Å². The van der Waals surface area contributed by atoms with Crippen LogP contribution in [0.15, 0.2) is 0 Å². The van der Waals surface area contributed by atoms with Gasteiger partial charge in [-0.15, -0.1) is 0 Å². The predicted molar refractivity (Wildman–Crippen MR) is 101 cm³/mol. The van der Waals surface area contributed by atoms with Crippen LogP contribution in [-0.4, -0.2) is 61.6 Å². The first-order valence-corrected chi connectivity index (χ1v) is 11.9. The van der Waals surface area contributed by atoms with Gasteiger partial charge in [0.25, 0.3) is 0 Å². The third-order valence-corrected chi connectivity index (χ3v) is 9.72. The van der Waals surface area contributed by atoms with Gasteiger partial charge in [0.1, 0.15) is 5.60 Å². The third kappa shape index (κ3) is 5.67. The highest BCUT2D eigenvalue weighted by Crippen LogP contribution is 2.40. The summed E-state index contributed by atoms with van der Waals surface area (Å²) in [4.78, 5) is 14.2. The van der Waals surface area contributed by atoms with E-state index in [1.807, 2.05) is 20.8 Å². The largest absolute Gasteiger partial charge is 0.444 e. The van der Waals surface area contributed by atoms with Crippen molar-refractivity contribution in [2.45, 2.75) is 96.6 Å². The Hall–Kier alpha value is -0.633. The molecule has 25 heavy (non-hydrogen) atoms. The zero-order chi connectivity index (χ0) is 19.8. The SMILES string of the molecule is COC(C)(O)[C@@H]1CC(O[Si](C)(C)C(C)(C)C)CN1C(=O)OC(C)(C)C. The van der Waals surface area contributed by atoms with Crippen molar-refractivity contribution in [2.24, 2.45) is 0 Å². The number of carbonyl (C=O) groups is 1. The Morgan fingerprint density at radius 3 is 2.04 bits per heavy atom. The molecule has 1 heterocycles. The van der Waals surface area contributed by atoms with E-state index in [0.717, 1.165) is 0 Å². The van der Waals surface area contributed by atoms with E-state index in [0.29, 0.717) is 13.0 Å². The molecular weight excluding hydrogens is 338 g/mol. The van der Waals surface area contributed by atoms with E-state index >= 15 is 0 Å². The number of nitrogens with zero attached hydrogens (tertiary/aromatic N) is 1. The maximum absolute atomic E-state index is 12.6. The van der Waals surface area contributed by atoms with Gasteiger partial charge in [0.05, 0.1) is 12.1 Å². The zero-order valence-corrected chi connectivity index (χ0v) is 18.6. The molecule has 1 amide bonds. The van der Waals surface area contributed by atoms with Crippen LogP contribution in [0.2, 0.25) is 18.1 Å². The van der Waals surface area contributed by atoms with Crippen LogP contribution in [0, 0.1) is 0 Å². The molecule has 0 aromatic heterocycles. The van der Waals surface area contributed by atoms with Crippen molar-refractivity contribution in [2.75, 3.05) is 13.7 Å². The minimum atomic E-state index is -1.98. The summed E-state index contributed by atoms with van der Waals surface area (Å²) in [5, 5.41) is 10.7. The molecule has 0 radical (unpaired) electrons. The van der Waals surface area contributed by atoms with Gasteiger partial charge in [0.2, 0.25) is 0 Å². The smallest absolute Gasteiger partial charge is 0.410 e. The molecule has 2 unspecified atom stereocenters. The highest BCUT2D eigenvalue weighted by atomic mass is 28.4. The average Bonchev–Trinajstić information content (AvgIpc) is 2.79. The van der Waals surface area contributed by atoms with E-state index in [1.54, 1.807) is 11.8 Å². The van der Waals surface area contributed by atoms with Crippen molar-refractivity contribution in [1.82, 2.24) is 4.90 Å². The molecular formula is C18H37NO5Si. The van der Waals surface area contributed by atoms with Crippen LogP contribution in [0.5, 0.6) is 0 Å². The van der Waals surface area contributed by atoms with Crippen LogP contribution >= 0.6 is 0 Å². The molecule has 1 fully saturated rings. The van der Waals surface area contributed by atoms with Crippen LogP contribution in [-0.2, 0) is 13.9 Å². The molecule has 1 aliphatic rings. The highest BCUT2D eigenvalue weighted by molar-refractivity contribution is 6.74. The van der Waals surface area contributed by atoms with Gasteiger partial charge in [-0.3, -0.25) is 4.90 Å². The molecule has 0 bridgehead atoms. The molecule has 148 valence electrons. The number of hydrogen-bond acceptors (Lipinski definition) is 5. The monoisotopic (exact) mass is 375 g/mol. The van der Waals surface area contributed by atoms with Crippen molar-refractivity contribution in [3.63, 3.8) is 0 Å². The number of carbonyl (C=O) groups excluding carboxylic acids is 1. The first kappa shape index (κ1) is 22.4. The lowest BCUT2D eigenvalue weighted by Gasteiger charge is -2.38. The lowest BCUT2D eigenvalue weighted by Crippen LogP contribution is -2.52. The second kappa shape index (κ2) is 7.17. The Morgan fingerprint density at radius 2 is 1.64 bits per heavy atom. The number of rotatable bonds is 4. The fourth-order valence-electron chi connectivity index (χ4n) is 2.64. The lowest BCUT2D eigenvalue weighted by atomic mass is 10.1. The molecule has 6 nitrogen and oxygen atoms in total. The van der Waals surface area contributed by atoms with Crippen LogP contribution in [0.25, 0.3) is 0 Å². The standard InChI is InChI=1S/C18H37NO5Si/c1-16(2,3)23-15(20)19-12-13(11-14(19)18(7,21)22-8)24-25(9,10)17(4,5)6/h13-14,21H,11-12H2,1-10H3/t13?,14-,18?/m0/s1. The fourth-order valence-corrected chi connectivity index (χ4v) is 4.00. The Kier molecular flexibility index (Phi) is 6.43. The quantitative estimate of drug-likeness (QED) is 0.599. The van der Waals surface area contributed by atoms with E-state index in [-0.39, 0.29) is 11.1 Å². The molecule has 0 saturated carbocycles. The average molecular weight is 376 g/mol. The summed E-state index contributed by atoms with van der Waals surface area (Å²) >= 11 is 0. The number of likely N-dealkylation sites (tertiary alicyclic amines) is 1. The fraction of sp³-hybridized carbons (Fsp3) is 0.944. The minimum absolute atomic E-state index is 0.0750. The molecule has 1 aliphatic heterocycles. The van der Waals surface area contributed by atoms with Gasteiger partial charge < -0.3 is 19.0 Å². The van der Waals surface area contributed by atoms with Crippen molar-refractivity contribution in [3.8, 4) is 0 Å². The lowest BCUT2D eigenvalue weighted by molar-refractivity contribution is -0.205. The molecule has 0 aromatic rings. The Balaban J connectivity index is 3.01. The van der Waals surface area contributed by atoms with Crippen molar-refractivity contribution in [3.05, 3.63) is 0 Å². The van der Waals surface area contributed by atoms with Gasteiger partial charge >= 0.3 is 6.09 Å². The van der Waals surface area contributed by atoms with E-state index in [2.05, 4.69) is 33.9 Å². The number of methoxy groups -OCH3 is 1. The summed E-state index contributed by atoms with van der Waals surface area (Å²) < 4.78 is 17.2. The maximum atomic E-state index is 12.6. The first-order chi connectivity index (χ1) is 11.0. The van der Waals surface area contributed by atoms with Gasteiger partial charge in [0, 0.05) is 13.7 Å². The van der Waals surface area contributed by atoms with Gasteiger partial charge in [0.15, 0.2) is 14.1 Å². The summed E-state index contributed by atoms with van der Waals surface area (Å²) in [5.41, 5.74) is -0.598. The van der Waals surface area contributed by atoms with Gasteiger partial charge in [-0.05, 0) is 52.2 Å². The number of ether oxygens (including phenoxy) is 2. The topological polar surface area (TPSA) is 68.2 Å². The summed E-state index contributed by atoms with van der Waals surface area (Å²) in [7, 11) is -0.541. The van der Waals surface area contributed by atoms with Crippen LogP contribution in [0.1, 0.15) is 54.9 Å². The molecule has 1 rings (SSSR count). The Labute approximate surface area is 153 Å². The first-order valence-electron chi connectivity index (χ1n) is 8.95. The van der Waals surface area contributed by atoms with Crippen molar-refractivity contribution in [1.29, 1.82) is 0 Å². The molecule has 1 N–H and O–H groups in total. The van der Waals surface area contributed by atoms with E-state index in [1.165, 1.54) is 7.11 Å². The Bertz CT molecular complexity index is 479. The van der Waals surface area contributed by atoms with Crippen LogP contribution < -0.4 is 0 Å². The molecule has 0 spiro atoms. The highest BCUT2D eigenvalue weighted by Gasteiger charge is 2.50. The third-order valence-electron chi connectivity index (χ3n) is 5.19. The molecule has 0 aromatic carbocycles.